The number of imidazole rings is 1. The van der Waals surface area contributed by atoms with Crippen LogP contribution in [0, 0.1) is 0 Å². The van der Waals surface area contributed by atoms with Crippen LogP contribution < -0.4 is 0 Å². The number of nitrogens with zero attached hydrogens (tertiary/aromatic N) is 3. The summed E-state index contributed by atoms with van der Waals surface area (Å²) < 4.78 is 2.95. The predicted molar refractivity (Wildman–Crippen MR) is 102 cm³/mol. The first-order valence-corrected chi connectivity index (χ1v) is 8.60. The molecule has 25 heavy (non-hydrogen) atoms. The molecule has 2 heterocycles. The minimum atomic E-state index is -0.363. The average molecular weight is 419 g/mol. The molecule has 0 saturated carbocycles. The molecule has 4 rings (SSSR count). The minimum absolute atomic E-state index is 0. The first kappa shape index (κ1) is 17.7. The van der Waals surface area contributed by atoms with E-state index in [-0.39, 0.29) is 24.4 Å². The molecule has 1 amide bonds. The summed E-state index contributed by atoms with van der Waals surface area (Å²) in [7, 11) is 0. The third kappa shape index (κ3) is 3.48. The molecule has 3 aromatic rings. The molecule has 1 aliphatic rings. The van der Waals surface area contributed by atoms with Gasteiger partial charge >= 0.3 is 0 Å². The molecule has 2 aromatic carbocycles. The highest BCUT2D eigenvalue weighted by Crippen LogP contribution is 2.30. The molecular formula is C19H17BrClN3O. The molecule has 6 heteroatoms. The van der Waals surface area contributed by atoms with Crippen molar-refractivity contribution >= 4 is 34.2 Å². The molecule has 0 spiro atoms. The first-order chi connectivity index (χ1) is 11.7. The first-order valence-electron chi connectivity index (χ1n) is 7.81. The van der Waals surface area contributed by atoms with E-state index in [1.54, 1.807) is 6.33 Å². The monoisotopic (exact) mass is 417 g/mol. The average Bonchev–Trinajstić information content (AvgIpc) is 3.04. The van der Waals surface area contributed by atoms with Gasteiger partial charge in [0.25, 0.3) is 5.91 Å². The Morgan fingerprint density at radius 3 is 2.68 bits per heavy atom. The Hall–Kier alpha value is -2.11. The number of fused-ring (bicyclic) bond motifs is 1. The molecule has 0 radical (unpaired) electrons. The number of hydrogen-bond acceptors (Lipinski definition) is 2. The van der Waals surface area contributed by atoms with Crippen LogP contribution in [0.3, 0.4) is 0 Å². The van der Waals surface area contributed by atoms with Gasteiger partial charge in [0.2, 0.25) is 0 Å². The molecule has 0 aliphatic carbocycles. The summed E-state index contributed by atoms with van der Waals surface area (Å²) in [6, 6.07) is 17.6. The van der Waals surface area contributed by atoms with E-state index in [2.05, 4.69) is 20.9 Å². The van der Waals surface area contributed by atoms with Crippen molar-refractivity contribution in [2.24, 2.45) is 0 Å². The van der Waals surface area contributed by atoms with Crippen molar-refractivity contribution in [2.45, 2.75) is 19.1 Å². The van der Waals surface area contributed by atoms with E-state index >= 15 is 0 Å². The number of aromatic nitrogens is 2. The molecule has 0 fully saturated rings. The van der Waals surface area contributed by atoms with Gasteiger partial charge in [0.15, 0.2) is 0 Å². The second-order valence-electron chi connectivity index (χ2n) is 5.93. The highest BCUT2D eigenvalue weighted by molar-refractivity contribution is 9.10. The van der Waals surface area contributed by atoms with Crippen LogP contribution in [0.5, 0.6) is 0 Å². The van der Waals surface area contributed by atoms with Gasteiger partial charge in [-0.2, -0.15) is 0 Å². The molecule has 1 unspecified atom stereocenters. The van der Waals surface area contributed by atoms with Crippen molar-refractivity contribution in [2.75, 3.05) is 0 Å². The summed E-state index contributed by atoms with van der Waals surface area (Å²) in [6.45, 7) is 1.19. The Morgan fingerprint density at radius 1 is 1.12 bits per heavy atom. The van der Waals surface area contributed by atoms with Crippen molar-refractivity contribution in [1.82, 2.24) is 14.5 Å². The summed E-state index contributed by atoms with van der Waals surface area (Å²) in [5.74, 6) is 0.0995. The summed E-state index contributed by atoms with van der Waals surface area (Å²) in [6.07, 6.45) is 3.59. The third-order valence-corrected chi connectivity index (χ3v) is 4.80. The number of hydrogen-bond donors (Lipinski definition) is 0. The fourth-order valence-corrected chi connectivity index (χ4v) is 3.59. The Bertz CT molecular complexity index is 881. The van der Waals surface area contributed by atoms with Gasteiger partial charge in [-0.1, -0.05) is 58.4 Å². The molecule has 1 atom stereocenters. The molecular weight excluding hydrogens is 402 g/mol. The van der Waals surface area contributed by atoms with Gasteiger partial charge in [0.05, 0.1) is 18.6 Å². The van der Waals surface area contributed by atoms with Crippen molar-refractivity contribution in [3.8, 4) is 0 Å². The lowest BCUT2D eigenvalue weighted by Gasteiger charge is -2.34. The number of halogens is 2. The van der Waals surface area contributed by atoms with Crippen LogP contribution in [0.25, 0.3) is 0 Å². The number of amides is 1. The Balaban J connectivity index is 0.00000182. The molecule has 0 saturated heterocycles. The Morgan fingerprint density at radius 2 is 1.92 bits per heavy atom. The molecule has 0 N–H and O–H groups in total. The van der Waals surface area contributed by atoms with Gasteiger partial charge in [-0.25, -0.2) is 4.98 Å². The quantitative estimate of drug-likeness (QED) is 0.639. The summed E-state index contributed by atoms with van der Waals surface area (Å²) in [4.78, 5) is 19.3. The van der Waals surface area contributed by atoms with Crippen molar-refractivity contribution < 1.29 is 4.79 Å². The predicted octanol–water partition coefficient (Wildman–Crippen LogP) is 4.20. The zero-order chi connectivity index (χ0) is 16.5. The second-order valence-corrected chi connectivity index (χ2v) is 6.85. The van der Waals surface area contributed by atoms with E-state index in [0.29, 0.717) is 13.1 Å². The van der Waals surface area contributed by atoms with Gasteiger partial charge in [0, 0.05) is 17.2 Å². The highest BCUT2D eigenvalue weighted by atomic mass is 79.9. The van der Waals surface area contributed by atoms with Crippen LogP contribution in [0.2, 0.25) is 0 Å². The standard InChI is InChI=1S/C19H16BrN3O.ClH/c20-16-8-4-7-15(9-16)18-19(24)22(11-14-5-2-1-3-6-14)12-17-10-21-13-23(17)18;/h1-10,13,18H,11-12H2;1H. The van der Waals surface area contributed by atoms with E-state index in [1.807, 2.05) is 70.3 Å². The van der Waals surface area contributed by atoms with E-state index < -0.39 is 0 Å². The van der Waals surface area contributed by atoms with E-state index in [4.69, 9.17) is 0 Å². The van der Waals surface area contributed by atoms with Crippen molar-refractivity contribution in [3.05, 3.63) is 88.4 Å². The topological polar surface area (TPSA) is 38.1 Å². The van der Waals surface area contributed by atoms with Gasteiger partial charge in [-0.3, -0.25) is 4.79 Å². The smallest absolute Gasteiger partial charge is 0.250 e. The van der Waals surface area contributed by atoms with Gasteiger partial charge < -0.3 is 9.47 Å². The maximum Gasteiger partial charge on any atom is 0.250 e. The van der Waals surface area contributed by atoms with Gasteiger partial charge in [-0.05, 0) is 23.3 Å². The fraction of sp³-hybridized carbons (Fsp3) is 0.158. The summed E-state index contributed by atoms with van der Waals surface area (Å²) in [5.41, 5.74) is 3.15. The summed E-state index contributed by atoms with van der Waals surface area (Å²) >= 11 is 3.50. The maximum absolute atomic E-state index is 13.2. The van der Waals surface area contributed by atoms with Crippen LogP contribution in [0.4, 0.5) is 0 Å². The number of carbonyl (C=O) groups excluding carboxylic acids is 1. The van der Waals surface area contributed by atoms with Gasteiger partial charge in [0.1, 0.15) is 6.04 Å². The third-order valence-electron chi connectivity index (χ3n) is 4.30. The van der Waals surface area contributed by atoms with Crippen LogP contribution in [0.15, 0.2) is 71.6 Å². The lowest BCUT2D eigenvalue weighted by atomic mass is 10.0. The maximum atomic E-state index is 13.2. The van der Waals surface area contributed by atoms with Crippen molar-refractivity contribution in [1.29, 1.82) is 0 Å². The minimum Gasteiger partial charge on any atom is -0.330 e. The lowest BCUT2D eigenvalue weighted by Crippen LogP contribution is -2.42. The SMILES string of the molecule is Cl.O=C1C(c2cccc(Br)c2)n2cncc2CN1Cc1ccccc1. The zero-order valence-corrected chi connectivity index (χ0v) is 15.8. The van der Waals surface area contributed by atoms with E-state index in [9.17, 15) is 4.79 Å². The number of rotatable bonds is 3. The zero-order valence-electron chi connectivity index (χ0n) is 13.4. The normalized spacial score (nSPS) is 16.3. The summed E-state index contributed by atoms with van der Waals surface area (Å²) in [5, 5.41) is 0. The molecule has 1 aromatic heterocycles. The Labute approximate surface area is 161 Å². The largest absolute Gasteiger partial charge is 0.330 e. The fourth-order valence-electron chi connectivity index (χ4n) is 3.17. The van der Waals surface area contributed by atoms with Crippen LogP contribution in [-0.4, -0.2) is 20.4 Å². The van der Waals surface area contributed by atoms with Crippen LogP contribution in [-0.2, 0) is 17.9 Å². The molecule has 1 aliphatic heterocycles. The molecule has 4 nitrogen and oxygen atoms in total. The number of benzene rings is 2. The second kappa shape index (κ2) is 7.42. The lowest BCUT2D eigenvalue weighted by molar-refractivity contribution is -0.136. The Kier molecular flexibility index (Phi) is 5.25. The van der Waals surface area contributed by atoms with E-state index in [1.165, 1.54) is 0 Å². The van der Waals surface area contributed by atoms with Crippen LogP contribution in [0.1, 0.15) is 22.9 Å². The molecule has 0 bridgehead atoms. The number of carbonyl (C=O) groups is 1. The molecule has 128 valence electrons. The van der Waals surface area contributed by atoms with Crippen LogP contribution >= 0.6 is 28.3 Å². The van der Waals surface area contributed by atoms with Gasteiger partial charge in [-0.15, -0.1) is 12.4 Å². The highest BCUT2D eigenvalue weighted by Gasteiger charge is 2.34. The van der Waals surface area contributed by atoms with E-state index in [0.717, 1.165) is 21.3 Å². The van der Waals surface area contributed by atoms with Crippen molar-refractivity contribution in [3.63, 3.8) is 0 Å².